The summed E-state index contributed by atoms with van der Waals surface area (Å²) < 4.78 is 0.817. The molecule has 0 aromatic heterocycles. The first kappa shape index (κ1) is 12.8. The van der Waals surface area contributed by atoms with Crippen LogP contribution in [0.1, 0.15) is 29.3 Å². The lowest BCUT2D eigenvalue weighted by atomic mass is 10.1. The first-order valence-corrected chi connectivity index (χ1v) is 5.88. The van der Waals surface area contributed by atoms with Gasteiger partial charge in [-0.15, -0.1) is 11.8 Å². The maximum atomic E-state index is 11.8. The topological polar surface area (TPSA) is 29.1 Å². The molecule has 0 heterocycles. The number of hydrogen-bond donors (Lipinski definition) is 1. The van der Waals surface area contributed by atoms with Gasteiger partial charge in [-0.05, 0) is 41.9 Å². The molecule has 0 aliphatic carbocycles. The van der Waals surface area contributed by atoms with E-state index in [2.05, 4.69) is 33.1 Å². The summed E-state index contributed by atoms with van der Waals surface area (Å²) in [5, 5.41) is 2.83. The average Bonchev–Trinajstić information content (AvgIpc) is 2.27. The molecular weight excluding hydrogens is 266 g/mol. The highest BCUT2D eigenvalue weighted by molar-refractivity contribution is 9.10. The number of carbonyl (C=O) groups excluding carboxylic acids is 1. The van der Waals surface area contributed by atoms with Crippen molar-refractivity contribution < 1.29 is 4.79 Å². The normalized spacial score (nSPS) is 9.19. The molecule has 2 nitrogen and oxygen atoms in total. The molecule has 1 N–H and O–H groups in total. The van der Waals surface area contributed by atoms with Crippen LogP contribution >= 0.6 is 15.9 Å². The molecular formula is C13H14BrNO. The van der Waals surface area contributed by atoms with Gasteiger partial charge in [0.05, 0.1) is 5.56 Å². The number of amides is 1. The van der Waals surface area contributed by atoms with Crippen LogP contribution in [0.5, 0.6) is 0 Å². The van der Waals surface area contributed by atoms with Gasteiger partial charge in [0.2, 0.25) is 0 Å². The summed E-state index contributed by atoms with van der Waals surface area (Å²) in [6.07, 6.45) is 0.686. The Morgan fingerprint density at radius 1 is 1.50 bits per heavy atom. The van der Waals surface area contributed by atoms with Crippen molar-refractivity contribution in [2.24, 2.45) is 0 Å². The predicted octanol–water partition coefficient (Wildman–Crippen LogP) is 2.90. The molecule has 0 radical (unpaired) electrons. The fraction of sp³-hybridized carbons (Fsp3) is 0.308. The molecule has 1 aromatic rings. The van der Waals surface area contributed by atoms with Crippen LogP contribution in [-0.4, -0.2) is 12.5 Å². The lowest BCUT2D eigenvalue weighted by molar-refractivity contribution is 0.0953. The zero-order valence-electron chi connectivity index (χ0n) is 9.43. The number of rotatable bonds is 3. The van der Waals surface area contributed by atoms with Gasteiger partial charge in [0.1, 0.15) is 0 Å². The highest BCUT2D eigenvalue weighted by Crippen LogP contribution is 2.17. The van der Waals surface area contributed by atoms with E-state index in [9.17, 15) is 4.79 Å². The van der Waals surface area contributed by atoms with E-state index < -0.39 is 0 Å². The first-order chi connectivity index (χ1) is 7.65. The summed E-state index contributed by atoms with van der Waals surface area (Å²) in [5.41, 5.74) is 1.74. The van der Waals surface area contributed by atoms with Crippen LogP contribution in [0.25, 0.3) is 0 Å². The molecule has 0 atom stereocenters. The fourth-order valence-corrected chi connectivity index (χ4v) is 1.70. The number of benzene rings is 1. The van der Waals surface area contributed by atoms with Gasteiger partial charge >= 0.3 is 0 Å². The second-order valence-electron chi connectivity index (χ2n) is 3.42. The predicted molar refractivity (Wildman–Crippen MR) is 69.3 cm³/mol. The van der Waals surface area contributed by atoms with Gasteiger partial charge in [0, 0.05) is 17.4 Å². The third kappa shape index (κ3) is 3.71. The standard InChI is InChI=1S/C13H14BrNO/c1-3-4-5-8-15-13(16)11-9-10(2)6-7-12(11)14/h6-7,9H,5,8H2,1-2H3,(H,15,16). The van der Waals surface area contributed by atoms with Gasteiger partial charge in [-0.2, -0.15) is 0 Å². The van der Waals surface area contributed by atoms with Crippen molar-refractivity contribution in [3.63, 3.8) is 0 Å². The minimum absolute atomic E-state index is 0.0616. The third-order valence-electron chi connectivity index (χ3n) is 2.08. The molecule has 0 spiro atoms. The van der Waals surface area contributed by atoms with Crippen LogP contribution < -0.4 is 5.32 Å². The summed E-state index contributed by atoms with van der Waals surface area (Å²) in [6, 6.07) is 5.71. The van der Waals surface area contributed by atoms with E-state index in [1.54, 1.807) is 6.92 Å². The van der Waals surface area contributed by atoms with Crippen molar-refractivity contribution in [2.45, 2.75) is 20.3 Å². The maximum Gasteiger partial charge on any atom is 0.252 e. The van der Waals surface area contributed by atoms with E-state index >= 15 is 0 Å². The van der Waals surface area contributed by atoms with Crippen LogP contribution in [0.2, 0.25) is 0 Å². The molecule has 1 aromatic carbocycles. The number of nitrogens with one attached hydrogen (secondary N) is 1. The molecule has 0 saturated carbocycles. The highest BCUT2D eigenvalue weighted by Gasteiger charge is 2.08. The molecule has 84 valence electrons. The lowest BCUT2D eigenvalue weighted by Crippen LogP contribution is -2.24. The molecule has 0 aliphatic rings. The van der Waals surface area contributed by atoms with E-state index in [4.69, 9.17) is 0 Å². The number of aryl methyl sites for hydroxylation is 1. The van der Waals surface area contributed by atoms with Crippen molar-refractivity contribution >= 4 is 21.8 Å². The quantitative estimate of drug-likeness (QED) is 0.669. The monoisotopic (exact) mass is 279 g/mol. The van der Waals surface area contributed by atoms with Crippen molar-refractivity contribution in [2.75, 3.05) is 6.54 Å². The summed E-state index contributed by atoms with van der Waals surface area (Å²) in [6.45, 7) is 4.34. The van der Waals surface area contributed by atoms with Crippen LogP contribution in [-0.2, 0) is 0 Å². The highest BCUT2D eigenvalue weighted by atomic mass is 79.9. The Morgan fingerprint density at radius 2 is 2.25 bits per heavy atom. The van der Waals surface area contributed by atoms with Gasteiger partial charge in [0.15, 0.2) is 0 Å². The molecule has 0 fully saturated rings. The zero-order valence-corrected chi connectivity index (χ0v) is 11.0. The van der Waals surface area contributed by atoms with E-state index in [0.29, 0.717) is 18.5 Å². The Hall–Kier alpha value is -1.27. The number of carbonyl (C=O) groups is 1. The molecule has 1 amide bonds. The summed E-state index contributed by atoms with van der Waals surface area (Å²) >= 11 is 3.36. The SMILES string of the molecule is CC#CCCNC(=O)c1cc(C)ccc1Br. The number of hydrogen-bond acceptors (Lipinski definition) is 1. The van der Waals surface area contributed by atoms with Crippen LogP contribution in [0.4, 0.5) is 0 Å². The molecule has 0 bridgehead atoms. The van der Waals surface area contributed by atoms with Gasteiger partial charge in [0.25, 0.3) is 5.91 Å². The second kappa shape index (κ2) is 6.34. The maximum absolute atomic E-state index is 11.8. The lowest BCUT2D eigenvalue weighted by Gasteiger charge is -2.06. The van der Waals surface area contributed by atoms with Crippen molar-refractivity contribution in [1.29, 1.82) is 0 Å². The Labute approximate surface area is 105 Å². The second-order valence-corrected chi connectivity index (χ2v) is 4.27. The first-order valence-electron chi connectivity index (χ1n) is 5.09. The van der Waals surface area contributed by atoms with Gasteiger partial charge < -0.3 is 5.32 Å². The van der Waals surface area contributed by atoms with Crippen LogP contribution in [0, 0.1) is 18.8 Å². The largest absolute Gasteiger partial charge is 0.351 e. The van der Waals surface area contributed by atoms with Gasteiger partial charge in [-0.3, -0.25) is 4.79 Å². The molecule has 16 heavy (non-hydrogen) atoms. The zero-order chi connectivity index (χ0) is 12.0. The Morgan fingerprint density at radius 3 is 2.94 bits per heavy atom. The van der Waals surface area contributed by atoms with Crippen molar-refractivity contribution in [3.8, 4) is 11.8 Å². The van der Waals surface area contributed by atoms with E-state index in [0.717, 1.165) is 10.0 Å². The Balaban J connectivity index is 2.64. The van der Waals surface area contributed by atoms with E-state index in [1.807, 2.05) is 25.1 Å². The summed E-state index contributed by atoms with van der Waals surface area (Å²) in [5.74, 6) is 5.63. The van der Waals surface area contributed by atoms with Crippen LogP contribution in [0.3, 0.4) is 0 Å². The minimum atomic E-state index is -0.0616. The van der Waals surface area contributed by atoms with Gasteiger partial charge in [-0.1, -0.05) is 11.6 Å². The summed E-state index contributed by atoms with van der Waals surface area (Å²) in [4.78, 5) is 11.8. The third-order valence-corrected chi connectivity index (χ3v) is 2.77. The molecule has 0 unspecified atom stereocenters. The van der Waals surface area contributed by atoms with Crippen molar-refractivity contribution in [3.05, 3.63) is 33.8 Å². The van der Waals surface area contributed by atoms with Crippen LogP contribution in [0.15, 0.2) is 22.7 Å². The van der Waals surface area contributed by atoms with E-state index in [1.165, 1.54) is 0 Å². The van der Waals surface area contributed by atoms with Crippen molar-refractivity contribution in [1.82, 2.24) is 5.32 Å². The molecule has 0 saturated heterocycles. The minimum Gasteiger partial charge on any atom is -0.351 e. The van der Waals surface area contributed by atoms with Gasteiger partial charge in [-0.25, -0.2) is 0 Å². The molecule has 3 heteroatoms. The average molecular weight is 280 g/mol. The Kier molecular flexibility index (Phi) is 5.07. The summed E-state index contributed by atoms with van der Waals surface area (Å²) in [7, 11) is 0. The van der Waals surface area contributed by atoms with E-state index in [-0.39, 0.29) is 5.91 Å². The fourth-order valence-electron chi connectivity index (χ4n) is 1.27. The molecule has 0 aliphatic heterocycles. The molecule has 1 rings (SSSR count). The Bertz CT molecular complexity index is 443. The smallest absolute Gasteiger partial charge is 0.252 e. The number of halogens is 1.